The van der Waals surface area contributed by atoms with E-state index in [0.717, 1.165) is 16.7 Å². The van der Waals surface area contributed by atoms with Crippen molar-refractivity contribution in [1.29, 1.82) is 0 Å². The normalized spacial score (nSPS) is 12.1. The summed E-state index contributed by atoms with van der Waals surface area (Å²) in [7, 11) is 1.62. The minimum atomic E-state index is -0.270. The van der Waals surface area contributed by atoms with Gasteiger partial charge in [-0.1, -0.05) is 44.2 Å². The van der Waals surface area contributed by atoms with Crippen molar-refractivity contribution in [3.8, 4) is 5.75 Å². The SMILES string of the molecule is COc1ccc(C(NC(=O)Cn2ncc3ccccc3c2=O)C(C)C)cc1. The van der Waals surface area contributed by atoms with E-state index in [1.54, 1.807) is 25.4 Å². The van der Waals surface area contributed by atoms with Gasteiger partial charge in [-0.3, -0.25) is 9.59 Å². The van der Waals surface area contributed by atoms with Gasteiger partial charge in [0.25, 0.3) is 5.56 Å². The number of methoxy groups -OCH3 is 1. The van der Waals surface area contributed by atoms with E-state index in [0.29, 0.717) is 5.39 Å². The number of ether oxygens (including phenoxy) is 1. The summed E-state index contributed by atoms with van der Waals surface area (Å²) < 4.78 is 6.38. The second kappa shape index (κ2) is 8.03. The Hall–Kier alpha value is -3.15. The first-order valence-corrected chi connectivity index (χ1v) is 8.87. The van der Waals surface area contributed by atoms with E-state index in [9.17, 15) is 9.59 Å². The van der Waals surface area contributed by atoms with Gasteiger partial charge in [0.1, 0.15) is 12.3 Å². The Balaban J connectivity index is 1.78. The Labute approximate surface area is 157 Å². The molecule has 0 aliphatic rings. The van der Waals surface area contributed by atoms with Crippen molar-refractivity contribution in [2.45, 2.75) is 26.4 Å². The number of hydrogen-bond acceptors (Lipinski definition) is 4. The summed E-state index contributed by atoms with van der Waals surface area (Å²) >= 11 is 0. The van der Waals surface area contributed by atoms with E-state index in [2.05, 4.69) is 10.4 Å². The highest BCUT2D eigenvalue weighted by molar-refractivity contribution is 5.81. The van der Waals surface area contributed by atoms with Gasteiger partial charge in [0.2, 0.25) is 5.91 Å². The van der Waals surface area contributed by atoms with Gasteiger partial charge in [-0.25, -0.2) is 4.68 Å². The molecular weight excluding hydrogens is 342 g/mol. The molecule has 0 spiro atoms. The number of benzene rings is 2. The van der Waals surface area contributed by atoms with E-state index < -0.39 is 0 Å². The first kappa shape index (κ1) is 18.6. The standard InChI is InChI=1S/C21H23N3O3/c1-14(2)20(15-8-10-17(27-3)11-9-15)23-19(25)13-24-21(26)18-7-5-4-6-16(18)12-22-24/h4-12,14,20H,13H2,1-3H3,(H,23,25). The second-order valence-corrected chi connectivity index (χ2v) is 6.76. The maximum Gasteiger partial charge on any atom is 0.275 e. The Bertz CT molecular complexity index is 993. The maximum absolute atomic E-state index is 12.6. The van der Waals surface area contributed by atoms with Crippen molar-refractivity contribution in [2.75, 3.05) is 7.11 Å². The van der Waals surface area contributed by atoms with Gasteiger partial charge in [-0.05, 0) is 29.7 Å². The first-order valence-electron chi connectivity index (χ1n) is 8.87. The second-order valence-electron chi connectivity index (χ2n) is 6.76. The zero-order valence-corrected chi connectivity index (χ0v) is 15.7. The largest absolute Gasteiger partial charge is 0.497 e. The summed E-state index contributed by atoms with van der Waals surface area (Å²) in [5, 5.41) is 8.45. The van der Waals surface area contributed by atoms with Crippen molar-refractivity contribution in [1.82, 2.24) is 15.1 Å². The number of carbonyl (C=O) groups is 1. The molecule has 140 valence electrons. The molecule has 0 radical (unpaired) electrons. The molecule has 0 aliphatic heterocycles. The molecule has 3 aromatic rings. The molecule has 3 rings (SSSR count). The third-order valence-electron chi connectivity index (χ3n) is 4.51. The summed E-state index contributed by atoms with van der Waals surface area (Å²) in [5.74, 6) is 0.692. The minimum Gasteiger partial charge on any atom is -0.497 e. The van der Waals surface area contributed by atoms with Crippen molar-refractivity contribution < 1.29 is 9.53 Å². The fourth-order valence-electron chi connectivity index (χ4n) is 3.04. The number of hydrogen-bond donors (Lipinski definition) is 1. The number of rotatable bonds is 6. The lowest BCUT2D eigenvalue weighted by Crippen LogP contribution is -2.37. The van der Waals surface area contributed by atoms with Crippen LogP contribution in [-0.4, -0.2) is 22.8 Å². The topological polar surface area (TPSA) is 73.2 Å². The van der Waals surface area contributed by atoms with E-state index in [1.807, 2.05) is 50.2 Å². The van der Waals surface area contributed by atoms with Crippen LogP contribution in [-0.2, 0) is 11.3 Å². The van der Waals surface area contributed by atoms with Gasteiger partial charge < -0.3 is 10.1 Å². The van der Waals surface area contributed by atoms with Gasteiger partial charge in [0, 0.05) is 5.39 Å². The molecule has 0 saturated heterocycles. The van der Waals surface area contributed by atoms with E-state index >= 15 is 0 Å². The van der Waals surface area contributed by atoms with Crippen LogP contribution < -0.4 is 15.6 Å². The molecule has 0 aliphatic carbocycles. The third-order valence-corrected chi connectivity index (χ3v) is 4.51. The molecule has 6 heteroatoms. The van der Waals surface area contributed by atoms with E-state index in [4.69, 9.17) is 4.74 Å². The van der Waals surface area contributed by atoms with Crippen LogP contribution in [0.3, 0.4) is 0 Å². The van der Waals surface area contributed by atoms with Crippen LogP contribution in [0.15, 0.2) is 59.5 Å². The van der Waals surface area contributed by atoms with Crippen LogP contribution in [0.5, 0.6) is 5.75 Å². The molecule has 1 unspecified atom stereocenters. The Morgan fingerprint density at radius 1 is 1.15 bits per heavy atom. The van der Waals surface area contributed by atoms with Gasteiger partial charge in [-0.2, -0.15) is 5.10 Å². The lowest BCUT2D eigenvalue weighted by Gasteiger charge is -2.23. The Morgan fingerprint density at radius 3 is 2.52 bits per heavy atom. The smallest absolute Gasteiger partial charge is 0.275 e. The van der Waals surface area contributed by atoms with Crippen LogP contribution >= 0.6 is 0 Å². The number of nitrogens with zero attached hydrogens (tertiary/aromatic N) is 2. The van der Waals surface area contributed by atoms with Gasteiger partial charge in [0.05, 0.1) is 24.7 Å². The highest BCUT2D eigenvalue weighted by Gasteiger charge is 2.19. The van der Waals surface area contributed by atoms with Crippen molar-refractivity contribution in [3.05, 3.63) is 70.6 Å². The number of nitrogens with one attached hydrogen (secondary N) is 1. The minimum absolute atomic E-state index is 0.122. The fourth-order valence-corrected chi connectivity index (χ4v) is 3.04. The lowest BCUT2D eigenvalue weighted by molar-refractivity contribution is -0.123. The summed E-state index contributed by atoms with van der Waals surface area (Å²) in [6.07, 6.45) is 1.60. The zero-order chi connectivity index (χ0) is 19.4. The van der Waals surface area contributed by atoms with Crippen LogP contribution in [0.1, 0.15) is 25.5 Å². The maximum atomic E-state index is 12.6. The first-order chi connectivity index (χ1) is 13.0. The quantitative estimate of drug-likeness (QED) is 0.729. The predicted molar refractivity (Wildman–Crippen MR) is 105 cm³/mol. The summed E-state index contributed by atoms with van der Waals surface area (Å²) in [5.41, 5.74) is 0.715. The molecule has 0 saturated carbocycles. The van der Waals surface area contributed by atoms with Crippen molar-refractivity contribution >= 4 is 16.7 Å². The van der Waals surface area contributed by atoms with Gasteiger partial charge in [0.15, 0.2) is 0 Å². The van der Waals surface area contributed by atoms with Crippen molar-refractivity contribution in [3.63, 3.8) is 0 Å². The molecule has 1 amide bonds. The predicted octanol–water partition coefficient (Wildman–Crippen LogP) is 2.92. The highest BCUT2D eigenvalue weighted by atomic mass is 16.5. The average molecular weight is 365 g/mol. The van der Waals surface area contributed by atoms with Crippen LogP contribution in [0.25, 0.3) is 10.8 Å². The van der Waals surface area contributed by atoms with Crippen LogP contribution in [0.2, 0.25) is 0 Å². The zero-order valence-electron chi connectivity index (χ0n) is 15.7. The molecule has 1 atom stereocenters. The number of carbonyl (C=O) groups excluding carboxylic acids is 1. The number of fused-ring (bicyclic) bond motifs is 1. The molecule has 6 nitrogen and oxygen atoms in total. The Kier molecular flexibility index (Phi) is 5.54. The highest BCUT2D eigenvalue weighted by Crippen LogP contribution is 2.23. The molecule has 0 bridgehead atoms. The van der Waals surface area contributed by atoms with Crippen molar-refractivity contribution in [2.24, 2.45) is 5.92 Å². The Morgan fingerprint density at radius 2 is 1.85 bits per heavy atom. The van der Waals surface area contributed by atoms with E-state index in [-0.39, 0.29) is 30.0 Å². The average Bonchev–Trinajstić information content (AvgIpc) is 2.68. The van der Waals surface area contributed by atoms with Gasteiger partial charge >= 0.3 is 0 Å². The molecule has 1 N–H and O–H groups in total. The van der Waals surface area contributed by atoms with Crippen LogP contribution in [0, 0.1) is 5.92 Å². The molecule has 2 aromatic carbocycles. The third kappa shape index (κ3) is 4.16. The summed E-state index contributed by atoms with van der Waals surface area (Å²) in [6, 6.07) is 14.6. The summed E-state index contributed by atoms with van der Waals surface area (Å²) in [4.78, 5) is 25.1. The molecule has 0 fully saturated rings. The molecule has 1 aromatic heterocycles. The summed E-state index contributed by atoms with van der Waals surface area (Å²) in [6.45, 7) is 3.95. The fraction of sp³-hybridized carbons (Fsp3) is 0.286. The number of amides is 1. The molecular formula is C21H23N3O3. The molecule has 27 heavy (non-hydrogen) atoms. The molecule has 1 heterocycles. The number of aromatic nitrogens is 2. The van der Waals surface area contributed by atoms with Crippen LogP contribution in [0.4, 0.5) is 0 Å². The van der Waals surface area contributed by atoms with Gasteiger partial charge in [-0.15, -0.1) is 0 Å². The lowest BCUT2D eigenvalue weighted by atomic mass is 9.96. The monoisotopic (exact) mass is 365 g/mol. The van der Waals surface area contributed by atoms with E-state index in [1.165, 1.54) is 4.68 Å².